The largest absolute Gasteiger partial charge is 0.494 e. The molecule has 0 unspecified atom stereocenters. The van der Waals surface area contributed by atoms with E-state index < -0.39 is 11.7 Å². The Labute approximate surface area is 97.5 Å². The minimum absolute atomic E-state index is 0.0188. The van der Waals surface area contributed by atoms with Crippen LogP contribution in [0.25, 0.3) is 0 Å². The molecule has 1 saturated carbocycles. The highest BCUT2D eigenvalue weighted by Gasteiger charge is 2.27. The van der Waals surface area contributed by atoms with Crippen molar-refractivity contribution in [1.82, 2.24) is 5.32 Å². The summed E-state index contributed by atoms with van der Waals surface area (Å²) in [7, 11) is 1.34. The molecule has 0 saturated heterocycles. The molecule has 1 fully saturated rings. The lowest BCUT2D eigenvalue weighted by atomic mass is 10.2. The average molecular weight is 244 g/mol. The van der Waals surface area contributed by atoms with E-state index in [9.17, 15) is 9.18 Å². The van der Waals surface area contributed by atoms with Crippen molar-refractivity contribution in [3.05, 3.63) is 28.5 Å². The summed E-state index contributed by atoms with van der Waals surface area (Å²) in [6.45, 7) is 0. The molecule has 0 aliphatic heterocycles. The van der Waals surface area contributed by atoms with E-state index in [4.69, 9.17) is 16.3 Å². The zero-order valence-corrected chi connectivity index (χ0v) is 9.47. The number of halogens is 2. The van der Waals surface area contributed by atoms with E-state index in [1.54, 1.807) is 0 Å². The summed E-state index contributed by atoms with van der Waals surface area (Å²) < 4.78 is 18.6. The fraction of sp³-hybridized carbons (Fsp3) is 0.364. The normalized spacial score (nSPS) is 14.7. The second-order valence-electron chi connectivity index (χ2n) is 3.69. The Hall–Kier alpha value is -1.29. The maximum atomic E-state index is 13.8. The number of ether oxygens (including phenoxy) is 1. The second-order valence-corrected chi connectivity index (χ2v) is 4.09. The van der Waals surface area contributed by atoms with Crippen molar-refractivity contribution in [3.8, 4) is 5.75 Å². The van der Waals surface area contributed by atoms with Gasteiger partial charge in [0.1, 0.15) is 0 Å². The van der Waals surface area contributed by atoms with Gasteiger partial charge in [0.25, 0.3) is 5.91 Å². The monoisotopic (exact) mass is 243 g/mol. The van der Waals surface area contributed by atoms with E-state index in [1.807, 2.05) is 0 Å². The first kappa shape index (κ1) is 11.2. The number of rotatable bonds is 3. The minimum Gasteiger partial charge on any atom is -0.494 e. The summed E-state index contributed by atoms with van der Waals surface area (Å²) in [6.07, 6.45) is 1.88. The highest BCUT2D eigenvalue weighted by Crippen LogP contribution is 2.28. The van der Waals surface area contributed by atoms with Gasteiger partial charge in [-0.2, -0.15) is 0 Å². The van der Waals surface area contributed by atoms with Crippen molar-refractivity contribution in [2.45, 2.75) is 18.9 Å². The predicted molar refractivity (Wildman–Crippen MR) is 58.5 cm³/mol. The first-order valence-electron chi connectivity index (χ1n) is 4.96. The molecular formula is C11H11ClFNO2. The van der Waals surface area contributed by atoms with Gasteiger partial charge in [-0.05, 0) is 25.0 Å². The van der Waals surface area contributed by atoms with Gasteiger partial charge in [-0.1, -0.05) is 11.6 Å². The molecule has 5 heteroatoms. The maximum Gasteiger partial charge on any atom is 0.256 e. The molecule has 0 heterocycles. The van der Waals surface area contributed by atoms with Crippen molar-refractivity contribution in [2.24, 2.45) is 0 Å². The number of hydrogen-bond donors (Lipinski definition) is 1. The van der Waals surface area contributed by atoms with Gasteiger partial charge in [0.15, 0.2) is 11.6 Å². The zero-order chi connectivity index (χ0) is 11.7. The fourth-order valence-corrected chi connectivity index (χ4v) is 1.62. The first-order chi connectivity index (χ1) is 7.63. The quantitative estimate of drug-likeness (QED) is 0.885. The van der Waals surface area contributed by atoms with Gasteiger partial charge in [-0.3, -0.25) is 4.79 Å². The number of carbonyl (C=O) groups is 1. The Morgan fingerprint density at radius 1 is 1.56 bits per heavy atom. The van der Waals surface area contributed by atoms with E-state index >= 15 is 0 Å². The number of carbonyl (C=O) groups excluding carboxylic acids is 1. The third-order valence-corrected chi connectivity index (χ3v) is 2.73. The van der Waals surface area contributed by atoms with Gasteiger partial charge in [-0.15, -0.1) is 0 Å². The summed E-state index contributed by atoms with van der Waals surface area (Å²) in [5, 5.41) is 2.78. The van der Waals surface area contributed by atoms with Crippen LogP contribution in [-0.4, -0.2) is 19.1 Å². The van der Waals surface area contributed by atoms with Gasteiger partial charge in [-0.25, -0.2) is 4.39 Å². The third kappa shape index (κ3) is 2.11. The summed E-state index contributed by atoms with van der Waals surface area (Å²) in [5.41, 5.74) is -0.145. The van der Waals surface area contributed by atoms with Crippen LogP contribution in [0.5, 0.6) is 5.75 Å². The number of methoxy groups -OCH3 is 1. The first-order valence-corrected chi connectivity index (χ1v) is 5.34. The van der Waals surface area contributed by atoms with Gasteiger partial charge in [0.05, 0.1) is 17.7 Å². The Balaban J connectivity index is 2.33. The van der Waals surface area contributed by atoms with Crippen LogP contribution in [0.1, 0.15) is 23.2 Å². The topological polar surface area (TPSA) is 38.3 Å². The van der Waals surface area contributed by atoms with Crippen LogP contribution in [0.3, 0.4) is 0 Å². The number of nitrogens with one attached hydrogen (secondary N) is 1. The lowest BCUT2D eigenvalue weighted by Gasteiger charge is -2.09. The molecule has 0 aromatic heterocycles. The maximum absolute atomic E-state index is 13.8. The molecule has 1 aromatic rings. The molecule has 2 rings (SSSR count). The van der Waals surface area contributed by atoms with Crippen LogP contribution >= 0.6 is 11.6 Å². The van der Waals surface area contributed by atoms with Crippen molar-refractivity contribution in [3.63, 3.8) is 0 Å². The average Bonchev–Trinajstić information content (AvgIpc) is 3.02. The summed E-state index contributed by atoms with van der Waals surface area (Å²) in [6, 6.07) is 3.01. The fourth-order valence-electron chi connectivity index (χ4n) is 1.38. The Bertz CT molecular complexity index is 432. The van der Waals surface area contributed by atoms with Crippen LogP contribution in [0.4, 0.5) is 4.39 Å². The van der Waals surface area contributed by atoms with Crippen LogP contribution in [0.15, 0.2) is 12.1 Å². The molecule has 1 aromatic carbocycles. The van der Waals surface area contributed by atoms with E-state index in [1.165, 1.54) is 19.2 Å². The van der Waals surface area contributed by atoms with E-state index in [0.717, 1.165) is 12.8 Å². The Kier molecular flexibility index (Phi) is 3.01. The second kappa shape index (κ2) is 4.29. The smallest absolute Gasteiger partial charge is 0.256 e. The van der Waals surface area contributed by atoms with Crippen LogP contribution in [-0.2, 0) is 0 Å². The number of benzene rings is 1. The Morgan fingerprint density at radius 2 is 2.25 bits per heavy atom. The highest BCUT2D eigenvalue weighted by molar-refractivity contribution is 6.34. The molecule has 1 N–H and O–H groups in total. The Morgan fingerprint density at radius 3 is 2.81 bits per heavy atom. The molecule has 0 radical (unpaired) electrons. The lowest BCUT2D eigenvalue weighted by molar-refractivity contribution is 0.0946. The van der Waals surface area contributed by atoms with Gasteiger partial charge >= 0.3 is 0 Å². The predicted octanol–water partition coefficient (Wildman–Crippen LogP) is 2.38. The molecule has 0 bridgehead atoms. The molecule has 0 spiro atoms. The highest BCUT2D eigenvalue weighted by atomic mass is 35.5. The van der Waals surface area contributed by atoms with Crippen molar-refractivity contribution in [1.29, 1.82) is 0 Å². The van der Waals surface area contributed by atoms with E-state index in [2.05, 4.69) is 5.32 Å². The van der Waals surface area contributed by atoms with Gasteiger partial charge in [0.2, 0.25) is 0 Å². The van der Waals surface area contributed by atoms with Gasteiger partial charge in [0, 0.05) is 6.04 Å². The molecular weight excluding hydrogens is 233 g/mol. The van der Waals surface area contributed by atoms with E-state index in [-0.39, 0.29) is 22.4 Å². The van der Waals surface area contributed by atoms with Crippen LogP contribution < -0.4 is 10.1 Å². The third-order valence-electron chi connectivity index (χ3n) is 2.42. The van der Waals surface area contributed by atoms with Crippen LogP contribution in [0.2, 0.25) is 5.02 Å². The molecule has 1 amide bonds. The van der Waals surface area contributed by atoms with Gasteiger partial charge < -0.3 is 10.1 Å². The zero-order valence-electron chi connectivity index (χ0n) is 8.72. The summed E-state index contributed by atoms with van der Waals surface area (Å²) in [4.78, 5) is 11.7. The van der Waals surface area contributed by atoms with Crippen LogP contribution in [0, 0.1) is 5.82 Å². The van der Waals surface area contributed by atoms with Crippen molar-refractivity contribution >= 4 is 17.5 Å². The SMILES string of the molecule is COc1ccc(Cl)c(C(=O)NC2CC2)c1F. The van der Waals surface area contributed by atoms with Crippen molar-refractivity contribution < 1.29 is 13.9 Å². The molecule has 3 nitrogen and oxygen atoms in total. The lowest BCUT2D eigenvalue weighted by Crippen LogP contribution is -2.26. The number of amides is 1. The van der Waals surface area contributed by atoms with E-state index in [0.29, 0.717) is 0 Å². The summed E-state index contributed by atoms with van der Waals surface area (Å²) in [5.74, 6) is -1.18. The molecule has 86 valence electrons. The molecule has 1 aliphatic rings. The molecule has 0 atom stereocenters. The minimum atomic E-state index is -0.715. The number of hydrogen-bond acceptors (Lipinski definition) is 2. The molecule has 1 aliphatic carbocycles. The van der Waals surface area contributed by atoms with Crippen molar-refractivity contribution in [2.75, 3.05) is 7.11 Å². The standard InChI is InChI=1S/C11H11ClFNO2/c1-16-8-5-4-7(12)9(10(8)13)11(15)14-6-2-3-6/h4-6H,2-3H2,1H3,(H,14,15). The summed E-state index contributed by atoms with van der Waals surface area (Å²) >= 11 is 5.80. The molecule has 16 heavy (non-hydrogen) atoms.